The normalized spacial score (nSPS) is 30.8. The van der Waals surface area contributed by atoms with Crippen LogP contribution in [0, 0.1) is 5.92 Å². The van der Waals surface area contributed by atoms with Crippen LogP contribution in [-0.2, 0) is 4.79 Å². The smallest absolute Gasteiger partial charge is 0.304 e. The van der Waals surface area contributed by atoms with E-state index in [9.17, 15) is 9.18 Å². The summed E-state index contributed by atoms with van der Waals surface area (Å²) in [5.41, 5.74) is 9.35. The third kappa shape index (κ3) is 3.32. The summed E-state index contributed by atoms with van der Waals surface area (Å²) in [5, 5.41) is 2.65. The second-order valence-electron chi connectivity index (χ2n) is 7.27. The summed E-state index contributed by atoms with van der Waals surface area (Å²) in [5.74, 6) is 0.0352. The molecule has 2 heterocycles. The van der Waals surface area contributed by atoms with E-state index in [-0.39, 0.29) is 29.7 Å². The minimum atomic E-state index is -0.668. The molecule has 0 aromatic heterocycles. The second kappa shape index (κ2) is 7.20. The zero-order valence-electron chi connectivity index (χ0n) is 15.3. The first kappa shape index (κ1) is 18.0. The predicted octanol–water partition coefficient (Wildman–Crippen LogP) is 2.08. The fourth-order valence-electron chi connectivity index (χ4n) is 4.32. The number of likely N-dealkylation sites (N-methyl/N-ethyl adjacent to an activating group) is 1. The lowest BCUT2D eigenvalue weighted by atomic mass is 9.83. The second-order valence-corrected chi connectivity index (χ2v) is 7.27. The summed E-state index contributed by atoms with van der Waals surface area (Å²) < 4.78 is 15.8. The van der Waals surface area contributed by atoms with Crippen LogP contribution in [-0.4, -0.2) is 47.7 Å². The van der Waals surface area contributed by atoms with Crippen LogP contribution >= 0.6 is 0 Å². The van der Waals surface area contributed by atoms with E-state index in [4.69, 9.17) is 10.7 Å². The van der Waals surface area contributed by atoms with Crippen molar-refractivity contribution in [1.29, 1.82) is 0 Å². The first-order valence-electron chi connectivity index (χ1n) is 9.12. The van der Waals surface area contributed by atoms with Gasteiger partial charge in [-0.25, -0.2) is 8.97 Å². The number of hydrogen-bond donors (Lipinski definition) is 2. The van der Waals surface area contributed by atoms with E-state index >= 15 is 0 Å². The summed E-state index contributed by atoms with van der Waals surface area (Å²) >= 11 is 0. The lowest BCUT2D eigenvalue weighted by molar-refractivity contribution is -0.578. The summed E-state index contributed by atoms with van der Waals surface area (Å²) in [6, 6.07) is 0.283. The number of hydrogen-bond acceptors (Lipinski definition) is 3. The molecule has 136 valence electrons. The van der Waals surface area contributed by atoms with E-state index in [0.717, 1.165) is 19.3 Å². The molecule has 1 amide bonds. The fraction of sp³-hybridized carbons (Fsp3) is 0.632. The molecule has 4 unspecified atom stereocenters. The molecule has 0 aromatic rings. The van der Waals surface area contributed by atoms with Crippen molar-refractivity contribution in [2.24, 2.45) is 16.6 Å². The number of allylic oxidation sites excluding steroid dienone is 3. The van der Waals surface area contributed by atoms with E-state index in [1.807, 2.05) is 19.2 Å². The molecular weight excluding hydrogens is 319 g/mol. The van der Waals surface area contributed by atoms with Gasteiger partial charge in [-0.05, 0) is 37.8 Å². The molecule has 2 aliphatic heterocycles. The number of aliphatic imine (C=N–C) groups is 1. The van der Waals surface area contributed by atoms with Crippen LogP contribution in [0.2, 0.25) is 0 Å². The SMILES string of the molecule is CNC(=O)C(N)[N+]1=C(C2CC=NC2C2=CC(C)=C(F)CC2)CCC1C. The zero-order valence-corrected chi connectivity index (χ0v) is 15.3. The van der Waals surface area contributed by atoms with Crippen LogP contribution in [0.4, 0.5) is 4.39 Å². The number of carbonyl (C=O) groups is 1. The number of nitrogens with zero attached hydrogens (tertiary/aromatic N) is 2. The van der Waals surface area contributed by atoms with Crippen molar-refractivity contribution in [2.45, 2.75) is 64.2 Å². The van der Waals surface area contributed by atoms with Crippen molar-refractivity contribution in [3.05, 3.63) is 23.0 Å². The van der Waals surface area contributed by atoms with Crippen LogP contribution in [0.5, 0.6) is 0 Å². The average molecular weight is 347 g/mol. The van der Waals surface area contributed by atoms with Gasteiger partial charge in [-0.3, -0.25) is 15.5 Å². The monoisotopic (exact) mass is 347 g/mol. The van der Waals surface area contributed by atoms with E-state index in [0.29, 0.717) is 18.4 Å². The molecule has 0 spiro atoms. The number of amides is 1. The van der Waals surface area contributed by atoms with Gasteiger partial charge in [0.1, 0.15) is 5.83 Å². The number of halogens is 1. The fourth-order valence-corrected chi connectivity index (χ4v) is 4.32. The van der Waals surface area contributed by atoms with E-state index in [1.54, 1.807) is 7.05 Å². The molecule has 0 bridgehead atoms. The number of nitrogens with two attached hydrogens (primary N) is 1. The van der Waals surface area contributed by atoms with Crippen molar-refractivity contribution in [3.8, 4) is 0 Å². The molecular formula is C19H28FN4O+. The molecule has 25 heavy (non-hydrogen) atoms. The van der Waals surface area contributed by atoms with E-state index in [1.165, 1.54) is 11.3 Å². The Morgan fingerprint density at radius 3 is 2.88 bits per heavy atom. The highest BCUT2D eigenvalue weighted by Gasteiger charge is 2.44. The number of nitrogens with one attached hydrogen (secondary N) is 1. The average Bonchev–Trinajstić information content (AvgIpc) is 3.22. The van der Waals surface area contributed by atoms with Gasteiger partial charge in [0.05, 0.1) is 12.0 Å². The molecule has 3 aliphatic rings. The molecule has 4 atom stereocenters. The molecule has 6 heteroatoms. The van der Waals surface area contributed by atoms with Crippen LogP contribution in [0.1, 0.15) is 46.0 Å². The van der Waals surface area contributed by atoms with Gasteiger partial charge in [0.15, 0.2) is 11.8 Å². The Balaban J connectivity index is 1.93. The van der Waals surface area contributed by atoms with Gasteiger partial charge in [0.2, 0.25) is 0 Å². The first-order valence-corrected chi connectivity index (χ1v) is 9.12. The van der Waals surface area contributed by atoms with Gasteiger partial charge in [-0.2, -0.15) is 0 Å². The van der Waals surface area contributed by atoms with Crippen LogP contribution < -0.4 is 11.1 Å². The molecule has 3 N–H and O–H groups in total. The first-order chi connectivity index (χ1) is 11.9. The van der Waals surface area contributed by atoms with Crippen molar-refractivity contribution in [2.75, 3.05) is 7.05 Å². The van der Waals surface area contributed by atoms with Crippen LogP contribution in [0.25, 0.3) is 0 Å². The lowest BCUT2D eigenvalue weighted by Gasteiger charge is -2.24. The minimum absolute atomic E-state index is 0.0207. The van der Waals surface area contributed by atoms with Gasteiger partial charge < -0.3 is 5.32 Å². The summed E-state index contributed by atoms with van der Waals surface area (Å²) in [7, 11) is 1.61. The third-order valence-electron chi connectivity index (χ3n) is 5.72. The van der Waals surface area contributed by atoms with Crippen LogP contribution in [0.15, 0.2) is 28.0 Å². The maximum atomic E-state index is 13.7. The Morgan fingerprint density at radius 1 is 1.44 bits per heavy atom. The number of rotatable bonds is 4. The maximum absolute atomic E-state index is 13.7. The highest BCUT2D eigenvalue weighted by atomic mass is 19.1. The number of carbonyl (C=O) groups excluding carboxylic acids is 1. The Bertz CT molecular complexity index is 692. The van der Waals surface area contributed by atoms with Crippen molar-refractivity contribution < 1.29 is 13.8 Å². The third-order valence-corrected chi connectivity index (χ3v) is 5.72. The minimum Gasteiger partial charge on any atom is -0.352 e. The molecule has 0 radical (unpaired) electrons. The van der Waals surface area contributed by atoms with E-state index in [2.05, 4.69) is 16.8 Å². The Hall–Kier alpha value is -1.82. The maximum Gasteiger partial charge on any atom is 0.304 e. The van der Waals surface area contributed by atoms with Crippen molar-refractivity contribution >= 4 is 17.8 Å². The summed E-state index contributed by atoms with van der Waals surface area (Å²) in [4.78, 5) is 16.8. The summed E-state index contributed by atoms with van der Waals surface area (Å²) in [6.07, 6.45) is 7.23. The van der Waals surface area contributed by atoms with Gasteiger partial charge in [0.25, 0.3) is 6.17 Å². The van der Waals surface area contributed by atoms with E-state index < -0.39 is 6.17 Å². The summed E-state index contributed by atoms with van der Waals surface area (Å²) in [6.45, 7) is 3.93. The molecule has 0 aromatic carbocycles. The standard InChI is InChI=1S/C19H27FN4O/c1-11-10-13(5-6-15(11)20)17-14(8-9-23-17)16-7-4-12(2)24(16)18(21)19(25)22-3/h9-10,12,14,17-18H,4-8,21H2,1-3H3/p+1. The lowest BCUT2D eigenvalue weighted by Crippen LogP contribution is -2.51. The Kier molecular flexibility index (Phi) is 5.18. The molecule has 5 nitrogen and oxygen atoms in total. The molecule has 0 saturated heterocycles. The highest BCUT2D eigenvalue weighted by Crippen LogP contribution is 2.36. The molecule has 0 saturated carbocycles. The predicted molar refractivity (Wildman–Crippen MR) is 97.5 cm³/mol. The van der Waals surface area contributed by atoms with Gasteiger partial charge in [-0.15, -0.1) is 0 Å². The van der Waals surface area contributed by atoms with Gasteiger partial charge >= 0.3 is 5.91 Å². The largest absolute Gasteiger partial charge is 0.352 e. The van der Waals surface area contributed by atoms with Gasteiger partial charge in [-0.1, -0.05) is 6.08 Å². The Morgan fingerprint density at radius 2 is 2.20 bits per heavy atom. The molecule has 1 aliphatic carbocycles. The zero-order chi connectivity index (χ0) is 18.1. The highest BCUT2D eigenvalue weighted by molar-refractivity contribution is 5.90. The van der Waals surface area contributed by atoms with Crippen molar-refractivity contribution in [3.63, 3.8) is 0 Å². The van der Waals surface area contributed by atoms with Crippen molar-refractivity contribution in [1.82, 2.24) is 5.32 Å². The molecule has 0 fully saturated rings. The Labute approximate surface area is 148 Å². The molecule has 3 rings (SSSR count). The van der Waals surface area contributed by atoms with Gasteiger partial charge in [0, 0.05) is 32.5 Å². The van der Waals surface area contributed by atoms with Crippen LogP contribution in [0.3, 0.4) is 0 Å². The topological polar surface area (TPSA) is 70.5 Å². The quantitative estimate of drug-likeness (QED) is 0.765.